The fourth-order valence-corrected chi connectivity index (χ4v) is 5.73. The molecule has 0 heterocycles. The minimum absolute atomic E-state index is 0.106. The summed E-state index contributed by atoms with van der Waals surface area (Å²) < 4.78 is 5.19. The van der Waals surface area contributed by atoms with E-state index < -0.39 is 4.75 Å². The van der Waals surface area contributed by atoms with Crippen LogP contribution in [0.1, 0.15) is 86.6 Å². The zero-order valence-corrected chi connectivity index (χ0v) is 20.6. The maximum Gasteiger partial charge on any atom is 0.323 e. The van der Waals surface area contributed by atoms with E-state index in [1.165, 1.54) is 12.8 Å². The van der Waals surface area contributed by atoms with Gasteiger partial charge in [0.05, 0.1) is 6.61 Å². The number of esters is 1. The molecular formula is C25H42O3S. The van der Waals surface area contributed by atoms with E-state index in [9.17, 15) is 9.90 Å². The first-order valence-corrected chi connectivity index (χ1v) is 11.9. The Morgan fingerprint density at radius 1 is 0.966 bits per heavy atom. The molecule has 166 valence electrons. The van der Waals surface area contributed by atoms with Gasteiger partial charge in [-0.2, -0.15) is 0 Å². The molecule has 3 nitrogen and oxygen atoms in total. The van der Waals surface area contributed by atoms with Crippen LogP contribution in [0.25, 0.3) is 0 Å². The van der Waals surface area contributed by atoms with Crippen LogP contribution < -0.4 is 0 Å². The van der Waals surface area contributed by atoms with Crippen molar-refractivity contribution in [2.75, 3.05) is 6.61 Å². The predicted molar refractivity (Wildman–Crippen MR) is 125 cm³/mol. The molecule has 1 aromatic rings. The number of rotatable bonds is 10. The zero-order valence-electron chi connectivity index (χ0n) is 19.8. The van der Waals surface area contributed by atoms with Crippen LogP contribution in [0.15, 0.2) is 24.3 Å². The van der Waals surface area contributed by atoms with Gasteiger partial charge in [-0.25, -0.2) is 0 Å². The Balaban J connectivity index is 2.91. The summed E-state index contributed by atoms with van der Waals surface area (Å²) in [5, 5.41) is 9.54. The fraction of sp³-hybridized carbons (Fsp3) is 0.720. The largest absolute Gasteiger partial charge is 0.508 e. The van der Waals surface area contributed by atoms with Gasteiger partial charge in [-0.15, -0.1) is 11.8 Å². The molecule has 0 saturated heterocycles. The number of aromatic hydroxyl groups is 1. The normalized spacial score (nSPS) is 13.0. The molecule has 0 atom stereocenters. The van der Waals surface area contributed by atoms with E-state index >= 15 is 0 Å². The lowest BCUT2D eigenvalue weighted by atomic mass is 9.65. The number of hydrogen-bond acceptors (Lipinski definition) is 4. The lowest BCUT2D eigenvalue weighted by molar-refractivity contribution is -0.154. The number of phenolic OH excluding ortho intramolecular Hbond substituents is 1. The number of hydrogen-bond donors (Lipinski definition) is 1. The molecule has 0 amide bonds. The van der Waals surface area contributed by atoms with Crippen molar-refractivity contribution in [3.8, 4) is 5.75 Å². The van der Waals surface area contributed by atoms with Crippen LogP contribution in [0.5, 0.6) is 5.75 Å². The summed E-state index contributed by atoms with van der Waals surface area (Å²) in [6.07, 6.45) is 4.44. The number of ether oxygens (including phenoxy) is 1. The highest BCUT2D eigenvalue weighted by molar-refractivity contribution is 8.00. The van der Waals surface area contributed by atoms with Crippen LogP contribution in [0.2, 0.25) is 0 Å². The monoisotopic (exact) mass is 422 g/mol. The van der Waals surface area contributed by atoms with Crippen LogP contribution in [-0.2, 0) is 15.3 Å². The zero-order chi connectivity index (χ0) is 22.3. The van der Waals surface area contributed by atoms with Gasteiger partial charge in [0.25, 0.3) is 0 Å². The number of thioether (sulfide) groups is 1. The Kier molecular flexibility index (Phi) is 9.59. The summed E-state index contributed by atoms with van der Waals surface area (Å²) in [6, 6.07) is 7.22. The quantitative estimate of drug-likeness (QED) is 0.319. The molecule has 0 unspecified atom stereocenters. The summed E-state index contributed by atoms with van der Waals surface area (Å²) in [5.74, 6) is 1.57. The van der Waals surface area contributed by atoms with Gasteiger partial charge in [0, 0.05) is 5.75 Å². The van der Waals surface area contributed by atoms with Gasteiger partial charge < -0.3 is 9.84 Å². The highest BCUT2D eigenvalue weighted by Gasteiger charge is 2.57. The third-order valence-electron chi connectivity index (χ3n) is 5.45. The van der Waals surface area contributed by atoms with Crippen LogP contribution in [0.4, 0.5) is 0 Å². The summed E-state index contributed by atoms with van der Waals surface area (Å²) in [7, 11) is 0. The van der Waals surface area contributed by atoms with Gasteiger partial charge >= 0.3 is 5.97 Å². The minimum atomic E-state index is -0.685. The molecule has 1 N–H and O–H groups in total. The number of carbonyl (C=O) groups is 1. The van der Waals surface area contributed by atoms with Crippen molar-refractivity contribution < 1.29 is 14.6 Å². The summed E-state index contributed by atoms with van der Waals surface area (Å²) in [6.45, 7) is 17.8. The number of benzene rings is 1. The van der Waals surface area contributed by atoms with E-state index in [0.717, 1.165) is 24.3 Å². The smallest absolute Gasteiger partial charge is 0.323 e. The highest BCUT2D eigenvalue weighted by atomic mass is 32.2. The van der Waals surface area contributed by atoms with Gasteiger partial charge in [-0.3, -0.25) is 4.79 Å². The van der Waals surface area contributed by atoms with E-state index in [-0.39, 0.29) is 22.5 Å². The SMILES string of the molecule is CC(C)CCCCCOC(=O)C(SCc1ccc(O)cc1)(C(C)(C)C)C(C)(C)C. The predicted octanol–water partition coefficient (Wildman–Crippen LogP) is 7.22. The molecule has 0 aliphatic carbocycles. The molecule has 0 bridgehead atoms. The molecule has 4 heteroatoms. The van der Waals surface area contributed by atoms with E-state index in [4.69, 9.17) is 4.74 Å². The molecule has 0 spiro atoms. The number of unbranched alkanes of at least 4 members (excludes halogenated alkanes) is 2. The van der Waals surface area contributed by atoms with Crippen molar-refractivity contribution in [1.82, 2.24) is 0 Å². The Morgan fingerprint density at radius 2 is 1.52 bits per heavy atom. The van der Waals surface area contributed by atoms with Gasteiger partial charge in [0.2, 0.25) is 0 Å². The van der Waals surface area contributed by atoms with Crippen LogP contribution in [-0.4, -0.2) is 22.4 Å². The van der Waals surface area contributed by atoms with Crippen molar-refractivity contribution in [2.45, 2.75) is 91.6 Å². The van der Waals surface area contributed by atoms with Gasteiger partial charge in [0.1, 0.15) is 10.5 Å². The third kappa shape index (κ3) is 7.24. The van der Waals surface area contributed by atoms with Gasteiger partial charge in [-0.05, 0) is 40.9 Å². The van der Waals surface area contributed by atoms with E-state index in [1.807, 2.05) is 12.1 Å². The number of phenols is 1. The number of carbonyl (C=O) groups excluding carboxylic acids is 1. The molecule has 1 aromatic carbocycles. The van der Waals surface area contributed by atoms with Crippen molar-refractivity contribution in [3.05, 3.63) is 29.8 Å². The molecule has 0 fully saturated rings. The van der Waals surface area contributed by atoms with Crippen LogP contribution >= 0.6 is 11.8 Å². The lowest BCUT2D eigenvalue weighted by Crippen LogP contribution is -2.57. The molecular weight excluding hydrogens is 380 g/mol. The fourth-order valence-electron chi connectivity index (χ4n) is 4.11. The lowest BCUT2D eigenvalue weighted by Gasteiger charge is -2.50. The average molecular weight is 423 g/mol. The Morgan fingerprint density at radius 3 is 2.00 bits per heavy atom. The average Bonchev–Trinajstić information content (AvgIpc) is 2.57. The molecule has 1 rings (SSSR count). The molecule has 0 aliphatic rings. The first kappa shape index (κ1) is 25.9. The Labute approximate surface area is 183 Å². The summed E-state index contributed by atoms with van der Waals surface area (Å²) >= 11 is 1.67. The minimum Gasteiger partial charge on any atom is -0.508 e. The second-order valence-corrected chi connectivity index (χ2v) is 11.7. The second kappa shape index (κ2) is 10.7. The van der Waals surface area contributed by atoms with Crippen LogP contribution in [0.3, 0.4) is 0 Å². The van der Waals surface area contributed by atoms with Gasteiger partial charge in [-0.1, -0.05) is 86.8 Å². The maximum atomic E-state index is 13.5. The molecule has 0 radical (unpaired) electrons. The third-order valence-corrected chi connectivity index (χ3v) is 7.75. The second-order valence-electron chi connectivity index (χ2n) is 10.5. The summed E-state index contributed by atoms with van der Waals surface area (Å²) in [5.41, 5.74) is 0.538. The summed E-state index contributed by atoms with van der Waals surface area (Å²) in [4.78, 5) is 13.5. The first-order chi connectivity index (χ1) is 13.3. The molecule has 29 heavy (non-hydrogen) atoms. The van der Waals surface area contributed by atoms with Crippen molar-refractivity contribution >= 4 is 17.7 Å². The van der Waals surface area contributed by atoms with Crippen molar-refractivity contribution in [3.63, 3.8) is 0 Å². The van der Waals surface area contributed by atoms with Gasteiger partial charge in [0.15, 0.2) is 0 Å². The van der Waals surface area contributed by atoms with Crippen molar-refractivity contribution in [1.29, 1.82) is 0 Å². The molecule has 0 aromatic heterocycles. The first-order valence-electron chi connectivity index (χ1n) is 10.9. The van der Waals surface area contributed by atoms with E-state index in [1.54, 1.807) is 23.9 Å². The van der Waals surface area contributed by atoms with Crippen molar-refractivity contribution in [2.24, 2.45) is 16.7 Å². The Hall–Kier alpha value is -1.16. The topological polar surface area (TPSA) is 46.5 Å². The maximum absolute atomic E-state index is 13.5. The Bertz CT molecular complexity index is 607. The molecule has 0 aliphatic heterocycles. The van der Waals surface area contributed by atoms with E-state index in [0.29, 0.717) is 12.4 Å². The molecule has 0 saturated carbocycles. The standard InChI is InChI=1S/C25H42O3S/c1-19(2)12-10-9-11-17-28-22(27)25(23(3,4)5,24(6,7)8)29-18-20-13-15-21(26)16-14-20/h13-16,19,26H,9-12,17-18H2,1-8H3. The van der Waals surface area contributed by atoms with Crippen LogP contribution in [0, 0.1) is 16.7 Å². The highest BCUT2D eigenvalue weighted by Crippen LogP contribution is 2.55. The van der Waals surface area contributed by atoms with E-state index in [2.05, 4.69) is 55.4 Å².